The Morgan fingerprint density at radius 3 is 2.58 bits per heavy atom. The predicted molar refractivity (Wildman–Crippen MR) is 76.8 cm³/mol. The van der Waals surface area contributed by atoms with Crippen LogP contribution in [0.15, 0.2) is 48.5 Å². The number of carbonyl (C=O) groups excluding carboxylic acids is 1. The van der Waals surface area contributed by atoms with Gasteiger partial charge in [-0.25, -0.2) is 0 Å². The quantitative estimate of drug-likeness (QED) is 0.828. The molecule has 0 N–H and O–H groups in total. The Bertz CT molecular complexity index is 564. The zero-order valence-electron chi connectivity index (χ0n) is 10.7. The summed E-state index contributed by atoms with van der Waals surface area (Å²) in [6.07, 6.45) is 0.298. The minimum atomic E-state index is 0.00889. The molecule has 0 saturated carbocycles. The van der Waals surface area contributed by atoms with E-state index < -0.39 is 0 Å². The molecule has 0 aliphatic carbocycles. The van der Waals surface area contributed by atoms with Gasteiger partial charge in [0, 0.05) is 11.4 Å². The molecular weight excluding hydrogens is 260 g/mol. The van der Waals surface area contributed by atoms with Crippen molar-refractivity contribution in [1.29, 1.82) is 0 Å². The second-order valence-electron chi connectivity index (χ2n) is 4.41. The van der Waals surface area contributed by atoms with Crippen LogP contribution in [-0.4, -0.2) is 12.4 Å². The minimum Gasteiger partial charge on any atom is -0.486 e. The molecule has 0 unspecified atom stereocenters. The summed E-state index contributed by atoms with van der Waals surface area (Å²) in [7, 11) is 0. The summed E-state index contributed by atoms with van der Waals surface area (Å²) in [5, 5.41) is 0.632. The zero-order chi connectivity index (χ0) is 13.7. The van der Waals surface area contributed by atoms with E-state index in [1.807, 2.05) is 55.5 Å². The highest BCUT2D eigenvalue weighted by molar-refractivity contribution is 6.31. The monoisotopic (exact) mass is 274 g/mol. The third-order valence-electron chi connectivity index (χ3n) is 2.74. The highest BCUT2D eigenvalue weighted by atomic mass is 35.5. The lowest BCUT2D eigenvalue weighted by Crippen LogP contribution is -2.14. The lowest BCUT2D eigenvalue weighted by Gasteiger charge is -2.07. The second kappa shape index (κ2) is 6.39. The number of hydrogen-bond donors (Lipinski definition) is 0. The van der Waals surface area contributed by atoms with E-state index in [1.54, 1.807) is 0 Å². The molecule has 0 heterocycles. The molecule has 0 aliphatic heterocycles. The van der Waals surface area contributed by atoms with Gasteiger partial charge in [0.1, 0.15) is 12.4 Å². The summed E-state index contributed by atoms with van der Waals surface area (Å²) < 4.78 is 5.41. The van der Waals surface area contributed by atoms with Crippen molar-refractivity contribution in [3.8, 4) is 5.75 Å². The Morgan fingerprint density at radius 2 is 1.89 bits per heavy atom. The lowest BCUT2D eigenvalue weighted by atomic mass is 10.1. The summed E-state index contributed by atoms with van der Waals surface area (Å²) in [4.78, 5) is 11.8. The molecule has 0 atom stereocenters. The maximum absolute atomic E-state index is 11.8. The molecule has 3 heteroatoms. The standard InChI is InChI=1S/C16H15ClO2/c1-12-7-8-13(16(17)9-12)10-14(18)11-19-15-5-3-2-4-6-15/h2-9H,10-11H2,1H3. The van der Waals surface area contributed by atoms with Gasteiger partial charge in [0.05, 0.1) is 0 Å². The maximum Gasteiger partial charge on any atom is 0.174 e. The van der Waals surface area contributed by atoms with Crippen LogP contribution < -0.4 is 4.74 Å². The van der Waals surface area contributed by atoms with Crippen LogP contribution in [0.3, 0.4) is 0 Å². The highest BCUT2D eigenvalue weighted by Crippen LogP contribution is 2.18. The van der Waals surface area contributed by atoms with Gasteiger partial charge in [0.2, 0.25) is 0 Å². The van der Waals surface area contributed by atoms with Crippen molar-refractivity contribution in [2.75, 3.05) is 6.61 Å². The van der Waals surface area contributed by atoms with Crippen LogP contribution in [0.1, 0.15) is 11.1 Å². The third kappa shape index (κ3) is 4.11. The molecule has 0 saturated heterocycles. The van der Waals surface area contributed by atoms with Crippen molar-refractivity contribution >= 4 is 17.4 Å². The molecule has 19 heavy (non-hydrogen) atoms. The highest BCUT2D eigenvalue weighted by Gasteiger charge is 2.08. The van der Waals surface area contributed by atoms with Crippen LogP contribution in [0.5, 0.6) is 5.75 Å². The molecule has 98 valence electrons. The van der Waals surface area contributed by atoms with Crippen LogP contribution in [0.25, 0.3) is 0 Å². The summed E-state index contributed by atoms with van der Waals surface area (Å²) >= 11 is 6.10. The summed E-state index contributed by atoms with van der Waals surface area (Å²) in [6, 6.07) is 15.0. The van der Waals surface area contributed by atoms with Gasteiger partial charge in [-0.1, -0.05) is 41.9 Å². The molecule has 0 fully saturated rings. The van der Waals surface area contributed by atoms with Crippen molar-refractivity contribution in [1.82, 2.24) is 0 Å². The number of ether oxygens (including phenoxy) is 1. The molecule has 2 rings (SSSR count). The SMILES string of the molecule is Cc1ccc(CC(=O)COc2ccccc2)c(Cl)c1. The fraction of sp³-hybridized carbons (Fsp3) is 0.188. The Labute approximate surface area is 118 Å². The van der Waals surface area contributed by atoms with Crippen molar-refractivity contribution in [2.24, 2.45) is 0 Å². The van der Waals surface area contributed by atoms with E-state index in [0.29, 0.717) is 17.2 Å². The van der Waals surface area contributed by atoms with E-state index in [0.717, 1.165) is 11.1 Å². The molecular formula is C16H15ClO2. The maximum atomic E-state index is 11.8. The molecule has 2 nitrogen and oxygen atoms in total. The molecule has 2 aromatic carbocycles. The number of aryl methyl sites for hydroxylation is 1. The molecule has 0 bridgehead atoms. The van der Waals surface area contributed by atoms with Crippen LogP contribution in [0, 0.1) is 6.92 Å². The van der Waals surface area contributed by atoms with Gasteiger partial charge < -0.3 is 4.74 Å². The van der Waals surface area contributed by atoms with Gasteiger partial charge in [0.25, 0.3) is 0 Å². The van der Waals surface area contributed by atoms with E-state index in [9.17, 15) is 4.79 Å². The number of rotatable bonds is 5. The average Bonchev–Trinajstić information content (AvgIpc) is 2.41. The lowest BCUT2D eigenvalue weighted by molar-refractivity contribution is -0.120. The molecule has 0 aromatic heterocycles. The fourth-order valence-electron chi connectivity index (χ4n) is 1.74. The van der Waals surface area contributed by atoms with Crippen LogP contribution in [0.4, 0.5) is 0 Å². The number of hydrogen-bond acceptors (Lipinski definition) is 2. The van der Waals surface area contributed by atoms with E-state index in [-0.39, 0.29) is 12.4 Å². The van der Waals surface area contributed by atoms with E-state index in [4.69, 9.17) is 16.3 Å². The van der Waals surface area contributed by atoms with E-state index in [2.05, 4.69) is 0 Å². The predicted octanol–water partition coefficient (Wildman–Crippen LogP) is 3.84. The summed E-state index contributed by atoms with van der Waals surface area (Å²) in [6.45, 7) is 2.03. The number of para-hydroxylation sites is 1. The third-order valence-corrected chi connectivity index (χ3v) is 3.09. The van der Waals surface area contributed by atoms with Gasteiger partial charge in [-0.05, 0) is 36.2 Å². The molecule has 2 aromatic rings. The van der Waals surface area contributed by atoms with Crippen LogP contribution >= 0.6 is 11.6 Å². The number of ketones is 1. The largest absolute Gasteiger partial charge is 0.486 e. The van der Waals surface area contributed by atoms with E-state index >= 15 is 0 Å². The summed E-state index contributed by atoms with van der Waals surface area (Å²) in [5.74, 6) is 0.709. The van der Waals surface area contributed by atoms with Crippen molar-refractivity contribution in [3.63, 3.8) is 0 Å². The van der Waals surface area contributed by atoms with E-state index in [1.165, 1.54) is 0 Å². The number of halogens is 1. The number of Topliss-reactive ketones (excluding diaryl/α,β-unsaturated/α-hetero) is 1. The first-order chi connectivity index (χ1) is 9.15. The smallest absolute Gasteiger partial charge is 0.174 e. The Morgan fingerprint density at radius 1 is 1.16 bits per heavy atom. The molecule has 0 spiro atoms. The van der Waals surface area contributed by atoms with Crippen LogP contribution in [-0.2, 0) is 11.2 Å². The average molecular weight is 275 g/mol. The second-order valence-corrected chi connectivity index (χ2v) is 4.82. The van der Waals surface area contributed by atoms with Crippen LogP contribution in [0.2, 0.25) is 5.02 Å². The minimum absolute atomic E-state index is 0.00889. The first-order valence-electron chi connectivity index (χ1n) is 6.10. The molecule has 0 amide bonds. The molecule has 0 radical (unpaired) electrons. The van der Waals surface area contributed by atoms with Gasteiger partial charge in [-0.2, -0.15) is 0 Å². The summed E-state index contributed by atoms with van der Waals surface area (Å²) in [5.41, 5.74) is 1.93. The molecule has 0 aliphatic rings. The fourth-order valence-corrected chi connectivity index (χ4v) is 2.04. The Kier molecular flexibility index (Phi) is 4.58. The van der Waals surface area contributed by atoms with Gasteiger partial charge in [-0.3, -0.25) is 4.79 Å². The number of benzene rings is 2. The first kappa shape index (κ1) is 13.6. The topological polar surface area (TPSA) is 26.3 Å². The van der Waals surface area contributed by atoms with Crippen molar-refractivity contribution in [3.05, 3.63) is 64.7 Å². The van der Waals surface area contributed by atoms with Crippen molar-refractivity contribution < 1.29 is 9.53 Å². The Balaban J connectivity index is 1.91. The Hall–Kier alpha value is -1.80. The normalized spacial score (nSPS) is 10.2. The van der Waals surface area contributed by atoms with Gasteiger partial charge in [0.15, 0.2) is 5.78 Å². The van der Waals surface area contributed by atoms with Crippen molar-refractivity contribution in [2.45, 2.75) is 13.3 Å². The van der Waals surface area contributed by atoms with Gasteiger partial charge in [-0.15, -0.1) is 0 Å². The zero-order valence-corrected chi connectivity index (χ0v) is 11.5. The van der Waals surface area contributed by atoms with Gasteiger partial charge >= 0.3 is 0 Å². The number of carbonyl (C=O) groups is 1. The first-order valence-corrected chi connectivity index (χ1v) is 6.47.